The van der Waals surface area contributed by atoms with Crippen molar-refractivity contribution in [2.45, 2.75) is 25.8 Å². The molecule has 1 radical (unpaired) electrons. The molecule has 1 saturated heterocycles. The van der Waals surface area contributed by atoms with Crippen molar-refractivity contribution in [3.8, 4) is 16.9 Å². The lowest BCUT2D eigenvalue weighted by atomic mass is 9.89. The first-order valence-corrected chi connectivity index (χ1v) is 10.7. The summed E-state index contributed by atoms with van der Waals surface area (Å²) in [5.41, 5.74) is 1.84. The molecule has 4 rings (SSSR count). The van der Waals surface area contributed by atoms with Crippen molar-refractivity contribution in [1.82, 2.24) is 9.88 Å². The second-order valence-electron chi connectivity index (χ2n) is 8.42. The van der Waals surface area contributed by atoms with E-state index in [1.54, 1.807) is 12.3 Å². The summed E-state index contributed by atoms with van der Waals surface area (Å²) in [5, 5.41) is 10.2. The van der Waals surface area contributed by atoms with Crippen molar-refractivity contribution in [1.29, 1.82) is 0 Å². The van der Waals surface area contributed by atoms with Gasteiger partial charge in [-0.2, -0.15) is 0 Å². The van der Waals surface area contributed by atoms with E-state index in [-0.39, 0.29) is 16.1 Å². The number of phenolic OH excluding ortho intramolecular Hbond substituents is 1. The zero-order valence-electron chi connectivity index (χ0n) is 17.8. The molecule has 1 atom stereocenters. The second kappa shape index (κ2) is 8.60. The SMILES string of the molecule is CC(C1CCN(c2[c]cnc3cc(F)c(-c4cc(F)c(O)c(Cl)c4)cc23)CC1)N(C)C. The van der Waals surface area contributed by atoms with Crippen molar-refractivity contribution < 1.29 is 13.9 Å². The predicted octanol–water partition coefficient (Wildman–Crippen LogP) is 5.51. The second-order valence-corrected chi connectivity index (χ2v) is 8.82. The summed E-state index contributed by atoms with van der Waals surface area (Å²) in [7, 11) is 4.21. The van der Waals surface area contributed by atoms with Crippen LogP contribution in [0, 0.1) is 23.6 Å². The smallest absolute Gasteiger partial charge is 0.170 e. The first-order valence-electron chi connectivity index (χ1n) is 10.4. The molecule has 1 fully saturated rings. The average Bonchev–Trinajstić information content (AvgIpc) is 2.75. The van der Waals surface area contributed by atoms with Crippen molar-refractivity contribution in [3.63, 3.8) is 0 Å². The van der Waals surface area contributed by atoms with Crippen LogP contribution < -0.4 is 4.90 Å². The van der Waals surface area contributed by atoms with E-state index in [1.165, 1.54) is 12.1 Å². The number of halogens is 3. The minimum Gasteiger partial charge on any atom is -0.504 e. The van der Waals surface area contributed by atoms with Crippen LogP contribution in [0.4, 0.5) is 14.5 Å². The zero-order chi connectivity index (χ0) is 22.3. The maximum atomic E-state index is 14.9. The van der Waals surface area contributed by atoms with Crippen LogP contribution >= 0.6 is 11.6 Å². The minimum atomic E-state index is -0.892. The van der Waals surface area contributed by atoms with Gasteiger partial charge in [0.15, 0.2) is 11.6 Å². The number of piperidine rings is 1. The summed E-state index contributed by atoms with van der Waals surface area (Å²) in [4.78, 5) is 8.79. The van der Waals surface area contributed by atoms with Crippen LogP contribution in [-0.4, -0.2) is 48.2 Å². The van der Waals surface area contributed by atoms with E-state index in [9.17, 15) is 13.9 Å². The summed E-state index contributed by atoms with van der Waals surface area (Å²) in [6.07, 6.45) is 3.69. The van der Waals surface area contributed by atoms with Crippen LogP contribution in [0.15, 0.2) is 30.5 Å². The third kappa shape index (κ3) is 4.19. The van der Waals surface area contributed by atoms with Gasteiger partial charge in [0.25, 0.3) is 0 Å². The number of pyridine rings is 1. The lowest BCUT2D eigenvalue weighted by molar-refractivity contribution is 0.199. The van der Waals surface area contributed by atoms with Gasteiger partial charge < -0.3 is 14.9 Å². The predicted molar refractivity (Wildman–Crippen MR) is 121 cm³/mol. The average molecular weight is 445 g/mol. The Labute approximate surface area is 186 Å². The number of phenols is 1. The number of nitrogens with zero attached hydrogens (tertiary/aromatic N) is 3. The fraction of sp³-hybridized carbons (Fsp3) is 0.375. The number of hydrogen-bond donors (Lipinski definition) is 1. The van der Waals surface area contributed by atoms with Crippen molar-refractivity contribution in [2.24, 2.45) is 5.92 Å². The first-order chi connectivity index (χ1) is 14.8. The topological polar surface area (TPSA) is 39.6 Å². The molecule has 1 aliphatic heterocycles. The Hall–Kier alpha value is -2.44. The van der Waals surface area contributed by atoms with Crippen molar-refractivity contribution in [3.05, 3.63) is 53.2 Å². The molecule has 0 aliphatic carbocycles. The molecule has 7 heteroatoms. The number of aromatic hydroxyl groups is 1. The molecular formula is C24H25ClF2N3O. The van der Waals surface area contributed by atoms with Gasteiger partial charge in [0, 0.05) is 48.4 Å². The third-order valence-corrected chi connectivity index (χ3v) is 6.71. The molecule has 0 amide bonds. The summed E-state index contributed by atoms with van der Waals surface area (Å²) in [6.45, 7) is 4.01. The lowest BCUT2D eigenvalue weighted by Gasteiger charge is -2.38. The van der Waals surface area contributed by atoms with E-state index < -0.39 is 17.4 Å². The Kier molecular flexibility index (Phi) is 6.04. The fourth-order valence-corrected chi connectivity index (χ4v) is 4.54. The van der Waals surface area contributed by atoms with Crippen LogP contribution in [-0.2, 0) is 0 Å². The van der Waals surface area contributed by atoms with E-state index >= 15 is 0 Å². The van der Waals surface area contributed by atoms with E-state index in [0.717, 1.165) is 43.1 Å². The Balaban J connectivity index is 1.71. The van der Waals surface area contributed by atoms with Crippen LogP contribution in [0.3, 0.4) is 0 Å². The first kappa shape index (κ1) is 21.8. The van der Waals surface area contributed by atoms with Gasteiger partial charge in [-0.15, -0.1) is 0 Å². The van der Waals surface area contributed by atoms with Gasteiger partial charge in [-0.1, -0.05) is 11.6 Å². The van der Waals surface area contributed by atoms with Gasteiger partial charge >= 0.3 is 0 Å². The normalized spacial score (nSPS) is 16.3. The Morgan fingerprint density at radius 2 is 1.87 bits per heavy atom. The van der Waals surface area contributed by atoms with Gasteiger partial charge in [0.05, 0.1) is 16.2 Å². The molecule has 1 aromatic heterocycles. The lowest BCUT2D eigenvalue weighted by Crippen LogP contribution is -2.41. The zero-order valence-corrected chi connectivity index (χ0v) is 18.5. The number of anilines is 1. The van der Waals surface area contributed by atoms with Gasteiger partial charge in [0.2, 0.25) is 0 Å². The molecular weight excluding hydrogens is 420 g/mol. The van der Waals surface area contributed by atoms with Crippen LogP contribution in [0.2, 0.25) is 5.02 Å². The Morgan fingerprint density at radius 3 is 2.52 bits per heavy atom. The highest BCUT2D eigenvalue weighted by molar-refractivity contribution is 6.32. The molecule has 2 aromatic carbocycles. The summed E-state index contributed by atoms with van der Waals surface area (Å²) in [6, 6.07) is 9.19. The summed E-state index contributed by atoms with van der Waals surface area (Å²) >= 11 is 5.91. The monoisotopic (exact) mass is 444 g/mol. The molecule has 1 N–H and O–H groups in total. The molecule has 0 bridgehead atoms. The Morgan fingerprint density at radius 1 is 1.16 bits per heavy atom. The molecule has 3 aromatic rings. The highest BCUT2D eigenvalue weighted by Crippen LogP contribution is 2.37. The number of benzene rings is 2. The van der Waals surface area contributed by atoms with Gasteiger partial charge in [0.1, 0.15) is 5.82 Å². The third-order valence-electron chi connectivity index (χ3n) is 6.43. The molecule has 1 aliphatic rings. The largest absolute Gasteiger partial charge is 0.504 e. The van der Waals surface area contributed by atoms with Crippen LogP contribution in [0.25, 0.3) is 22.0 Å². The van der Waals surface area contributed by atoms with E-state index in [4.69, 9.17) is 11.6 Å². The number of aromatic nitrogens is 1. The van der Waals surface area contributed by atoms with Gasteiger partial charge in [-0.25, -0.2) is 8.78 Å². The maximum Gasteiger partial charge on any atom is 0.170 e. The molecule has 0 spiro atoms. The molecule has 2 heterocycles. The van der Waals surface area contributed by atoms with Gasteiger partial charge in [-0.05, 0) is 63.5 Å². The number of rotatable bonds is 4. The van der Waals surface area contributed by atoms with Crippen LogP contribution in [0.1, 0.15) is 19.8 Å². The maximum absolute atomic E-state index is 14.9. The van der Waals surface area contributed by atoms with Crippen molar-refractivity contribution >= 4 is 28.2 Å². The summed E-state index contributed by atoms with van der Waals surface area (Å²) in [5.74, 6) is -1.44. The van der Waals surface area contributed by atoms with Gasteiger partial charge in [-0.3, -0.25) is 4.98 Å². The highest BCUT2D eigenvalue weighted by atomic mass is 35.5. The fourth-order valence-electron chi connectivity index (χ4n) is 4.33. The molecule has 4 nitrogen and oxygen atoms in total. The molecule has 163 valence electrons. The summed E-state index contributed by atoms with van der Waals surface area (Å²) < 4.78 is 28.9. The van der Waals surface area contributed by atoms with E-state index in [2.05, 4.69) is 41.9 Å². The quantitative estimate of drug-likeness (QED) is 0.576. The Bertz CT molecular complexity index is 1090. The number of fused-ring (bicyclic) bond motifs is 1. The van der Waals surface area contributed by atoms with Crippen molar-refractivity contribution in [2.75, 3.05) is 32.1 Å². The van der Waals surface area contributed by atoms with E-state index in [1.807, 2.05) is 0 Å². The molecule has 0 saturated carbocycles. The van der Waals surface area contributed by atoms with E-state index in [0.29, 0.717) is 17.5 Å². The van der Waals surface area contributed by atoms with Crippen LogP contribution in [0.5, 0.6) is 5.75 Å². The standard InChI is InChI=1S/C24H25ClF2N3O/c1-14(29(2)3)15-5-8-30(9-6-15)23-4-7-28-22-13-20(26)17(12-18(22)23)16-10-19(25)24(31)21(27)11-16/h7,10-15,31H,5-6,8-9H2,1-3H3. The minimum absolute atomic E-state index is 0.162. The number of hydrogen-bond acceptors (Lipinski definition) is 4. The molecule has 1 unspecified atom stereocenters. The highest BCUT2D eigenvalue weighted by Gasteiger charge is 2.26. The molecule has 31 heavy (non-hydrogen) atoms.